The second-order valence-corrected chi connectivity index (χ2v) is 8.39. The zero-order chi connectivity index (χ0) is 15.5. The van der Waals surface area contributed by atoms with Gasteiger partial charge in [0.15, 0.2) is 5.13 Å². The van der Waals surface area contributed by atoms with Crippen molar-refractivity contribution in [1.82, 2.24) is 9.71 Å². The number of aryl methyl sites for hydroxylation is 1. The second kappa shape index (κ2) is 6.65. The molecule has 0 aromatic carbocycles. The molecule has 0 atom stereocenters. The van der Waals surface area contributed by atoms with Crippen LogP contribution in [0.15, 0.2) is 17.5 Å². The number of anilines is 1. The van der Waals surface area contributed by atoms with E-state index in [9.17, 15) is 13.2 Å². The van der Waals surface area contributed by atoms with Crippen molar-refractivity contribution < 1.29 is 13.2 Å². The Morgan fingerprint density at radius 1 is 1.38 bits per heavy atom. The van der Waals surface area contributed by atoms with Crippen molar-refractivity contribution in [2.24, 2.45) is 0 Å². The molecular formula is C12H15N3O3S3. The predicted molar refractivity (Wildman–Crippen MR) is 86.3 cm³/mol. The molecule has 0 bridgehead atoms. The minimum absolute atomic E-state index is 0.0695. The number of amides is 1. The van der Waals surface area contributed by atoms with Gasteiger partial charge in [-0.1, -0.05) is 0 Å². The molecule has 0 saturated carbocycles. The van der Waals surface area contributed by atoms with Gasteiger partial charge in [-0.2, -0.15) is 0 Å². The molecule has 0 fully saturated rings. The number of nitrogens with one attached hydrogen (secondary N) is 2. The molecular weight excluding hydrogens is 330 g/mol. The molecule has 0 aliphatic rings. The molecule has 0 spiro atoms. The summed E-state index contributed by atoms with van der Waals surface area (Å²) in [5.41, 5.74) is 0.836. The van der Waals surface area contributed by atoms with E-state index in [1.165, 1.54) is 16.2 Å². The second-order valence-electron chi connectivity index (χ2n) is 4.41. The van der Waals surface area contributed by atoms with Crippen LogP contribution in [-0.2, 0) is 14.8 Å². The first-order valence-electron chi connectivity index (χ1n) is 6.10. The average molecular weight is 345 g/mol. The van der Waals surface area contributed by atoms with Gasteiger partial charge in [0.2, 0.25) is 15.9 Å². The minimum atomic E-state index is -3.26. The summed E-state index contributed by atoms with van der Waals surface area (Å²) >= 11 is 2.99. The zero-order valence-corrected chi connectivity index (χ0v) is 14.0. The fourth-order valence-corrected chi connectivity index (χ4v) is 3.65. The normalized spacial score (nSPS) is 11.5. The van der Waals surface area contributed by atoms with Crippen molar-refractivity contribution in [3.8, 4) is 10.6 Å². The van der Waals surface area contributed by atoms with Crippen LogP contribution in [0.2, 0.25) is 0 Å². The lowest BCUT2D eigenvalue weighted by molar-refractivity contribution is -0.116. The van der Waals surface area contributed by atoms with Gasteiger partial charge in [-0.05, 0) is 19.1 Å². The number of carbonyl (C=O) groups excluding carboxylic acids is 1. The topological polar surface area (TPSA) is 88.2 Å². The number of sulfonamides is 1. The van der Waals surface area contributed by atoms with Crippen molar-refractivity contribution in [1.29, 1.82) is 0 Å². The number of nitrogens with zero attached hydrogens (tertiary/aromatic N) is 1. The Morgan fingerprint density at radius 2 is 2.14 bits per heavy atom. The summed E-state index contributed by atoms with van der Waals surface area (Å²) in [4.78, 5) is 18.3. The van der Waals surface area contributed by atoms with Crippen molar-refractivity contribution in [2.75, 3.05) is 18.1 Å². The van der Waals surface area contributed by atoms with Gasteiger partial charge in [-0.15, -0.1) is 22.7 Å². The summed E-state index contributed by atoms with van der Waals surface area (Å²) in [6, 6.07) is 4.02. The SMILES string of the molecule is Cc1ccc(-c2csc(NC(=O)CCNS(C)(=O)=O)n2)s1. The van der Waals surface area contributed by atoms with Gasteiger partial charge in [-0.25, -0.2) is 18.1 Å². The van der Waals surface area contributed by atoms with Gasteiger partial charge in [0, 0.05) is 23.2 Å². The number of hydrogen-bond donors (Lipinski definition) is 2. The molecule has 0 radical (unpaired) electrons. The van der Waals surface area contributed by atoms with Gasteiger partial charge in [0.05, 0.1) is 16.8 Å². The van der Waals surface area contributed by atoms with Gasteiger partial charge >= 0.3 is 0 Å². The van der Waals surface area contributed by atoms with Crippen molar-refractivity contribution in [2.45, 2.75) is 13.3 Å². The maximum absolute atomic E-state index is 11.7. The monoisotopic (exact) mass is 345 g/mol. The van der Waals surface area contributed by atoms with Crippen molar-refractivity contribution >= 4 is 43.7 Å². The van der Waals surface area contributed by atoms with Crippen LogP contribution in [0.4, 0.5) is 5.13 Å². The number of thiophene rings is 1. The zero-order valence-electron chi connectivity index (χ0n) is 11.5. The fraction of sp³-hybridized carbons (Fsp3) is 0.333. The maximum atomic E-state index is 11.7. The lowest BCUT2D eigenvalue weighted by atomic mass is 10.4. The highest BCUT2D eigenvalue weighted by Crippen LogP contribution is 2.30. The van der Waals surface area contributed by atoms with Crippen molar-refractivity contribution in [3.63, 3.8) is 0 Å². The van der Waals surface area contributed by atoms with E-state index in [1.807, 2.05) is 24.4 Å². The molecule has 0 saturated heterocycles. The number of aromatic nitrogens is 1. The van der Waals surface area contributed by atoms with Crippen LogP contribution in [0.3, 0.4) is 0 Å². The van der Waals surface area contributed by atoms with Crippen LogP contribution >= 0.6 is 22.7 Å². The number of hydrogen-bond acceptors (Lipinski definition) is 6. The van der Waals surface area contributed by atoms with Gasteiger partial charge in [0.1, 0.15) is 0 Å². The number of carbonyl (C=O) groups is 1. The molecule has 2 heterocycles. The van der Waals surface area contributed by atoms with Crippen LogP contribution in [-0.4, -0.2) is 32.1 Å². The van der Waals surface area contributed by atoms with Gasteiger partial charge < -0.3 is 5.32 Å². The first-order chi connectivity index (χ1) is 9.83. The van der Waals surface area contributed by atoms with E-state index in [-0.39, 0.29) is 18.9 Å². The lowest BCUT2D eigenvalue weighted by Crippen LogP contribution is -2.26. The molecule has 2 aromatic heterocycles. The Hall–Kier alpha value is -1.29. The largest absolute Gasteiger partial charge is 0.302 e. The third-order valence-electron chi connectivity index (χ3n) is 2.46. The fourth-order valence-electron chi connectivity index (χ4n) is 1.55. The molecule has 2 N–H and O–H groups in total. The van der Waals surface area contributed by atoms with Gasteiger partial charge in [-0.3, -0.25) is 4.79 Å². The summed E-state index contributed by atoms with van der Waals surface area (Å²) in [5.74, 6) is -0.269. The van der Waals surface area contributed by atoms with E-state index in [1.54, 1.807) is 11.3 Å². The Balaban J connectivity index is 1.89. The Kier molecular flexibility index (Phi) is 5.09. The third-order valence-corrected chi connectivity index (χ3v) is 4.97. The summed E-state index contributed by atoms with van der Waals surface area (Å²) in [5, 5.41) is 5.06. The first kappa shape index (κ1) is 16.1. The maximum Gasteiger partial charge on any atom is 0.227 e. The van der Waals surface area contributed by atoms with E-state index in [4.69, 9.17) is 0 Å². The lowest BCUT2D eigenvalue weighted by Gasteiger charge is -2.02. The summed E-state index contributed by atoms with van der Waals surface area (Å²) in [6.07, 6.45) is 1.13. The van der Waals surface area contributed by atoms with Crippen LogP contribution < -0.4 is 10.0 Å². The molecule has 2 rings (SSSR count). The van der Waals surface area contributed by atoms with E-state index >= 15 is 0 Å². The molecule has 0 aliphatic carbocycles. The van der Waals surface area contributed by atoms with Crippen LogP contribution in [0, 0.1) is 6.92 Å². The predicted octanol–water partition coefficient (Wildman–Crippen LogP) is 2.06. The highest BCUT2D eigenvalue weighted by molar-refractivity contribution is 7.88. The summed E-state index contributed by atoms with van der Waals surface area (Å²) in [6.45, 7) is 2.10. The molecule has 2 aromatic rings. The Bertz CT molecular complexity index is 734. The van der Waals surface area contributed by atoms with Gasteiger partial charge in [0.25, 0.3) is 0 Å². The Labute approximate surface area is 131 Å². The van der Waals surface area contributed by atoms with Crippen molar-refractivity contribution in [3.05, 3.63) is 22.4 Å². The third kappa shape index (κ3) is 5.20. The van der Waals surface area contributed by atoms with Crippen LogP contribution in [0.1, 0.15) is 11.3 Å². The van der Waals surface area contributed by atoms with Crippen LogP contribution in [0.5, 0.6) is 0 Å². The first-order valence-corrected chi connectivity index (χ1v) is 9.69. The molecule has 6 nitrogen and oxygen atoms in total. The highest BCUT2D eigenvalue weighted by Gasteiger charge is 2.10. The van der Waals surface area contributed by atoms with E-state index in [0.717, 1.165) is 16.8 Å². The molecule has 114 valence electrons. The quantitative estimate of drug-likeness (QED) is 0.839. The van der Waals surface area contributed by atoms with E-state index in [0.29, 0.717) is 5.13 Å². The summed E-state index contributed by atoms with van der Waals surface area (Å²) in [7, 11) is -3.26. The smallest absolute Gasteiger partial charge is 0.227 e. The summed E-state index contributed by atoms with van der Waals surface area (Å²) < 4.78 is 24.0. The molecule has 21 heavy (non-hydrogen) atoms. The standard InChI is InChI=1S/C12H15N3O3S3/c1-8-3-4-10(20-8)9-7-19-12(14-9)15-11(16)5-6-13-21(2,17)18/h3-4,7,13H,5-6H2,1-2H3,(H,14,15,16). The Morgan fingerprint density at radius 3 is 2.76 bits per heavy atom. The van der Waals surface area contributed by atoms with Crippen LogP contribution in [0.25, 0.3) is 10.6 Å². The number of rotatable bonds is 6. The molecule has 1 amide bonds. The minimum Gasteiger partial charge on any atom is -0.302 e. The van der Waals surface area contributed by atoms with E-state index in [2.05, 4.69) is 15.0 Å². The molecule has 0 unspecified atom stereocenters. The molecule has 9 heteroatoms. The molecule has 0 aliphatic heterocycles. The number of thiazole rings is 1. The highest BCUT2D eigenvalue weighted by atomic mass is 32.2. The average Bonchev–Trinajstić information content (AvgIpc) is 2.96. The van der Waals surface area contributed by atoms with E-state index < -0.39 is 10.0 Å².